The van der Waals surface area contributed by atoms with Crippen molar-refractivity contribution in [2.45, 2.75) is 30.4 Å². The van der Waals surface area contributed by atoms with E-state index in [1.54, 1.807) is 18.2 Å². The highest BCUT2D eigenvalue weighted by Crippen LogP contribution is 2.31. The van der Waals surface area contributed by atoms with Gasteiger partial charge in [-0.1, -0.05) is 28.1 Å². The Morgan fingerprint density at radius 1 is 1.17 bits per heavy atom. The lowest BCUT2D eigenvalue weighted by Gasteiger charge is -2.26. The summed E-state index contributed by atoms with van der Waals surface area (Å²) in [4.78, 5) is 2.16. The molecule has 0 bridgehead atoms. The highest BCUT2D eigenvalue weighted by molar-refractivity contribution is 9.10. The van der Waals surface area contributed by atoms with Gasteiger partial charge in [0.05, 0.1) is 13.2 Å². The highest BCUT2D eigenvalue weighted by atomic mass is 79.9. The number of benzene rings is 2. The van der Waals surface area contributed by atoms with Crippen molar-refractivity contribution >= 4 is 31.6 Å². The van der Waals surface area contributed by atoms with E-state index in [0.29, 0.717) is 23.4 Å². The zero-order valence-electron chi connectivity index (χ0n) is 17.0. The Hall–Kier alpha value is -1.61. The van der Waals surface area contributed by atoms with Gasteiger partial charge in [0.15, 0.2) is 0 Å². The number of anilines is 1. The van der Waals surface area contributed by atoms with Crippen LogP contribution in [0, 0.1) is 0 Å². The Morgan fingerprint density at radius 2 is 1.90 bits per heavy atom. The minimum absolute atomic E-state index is 0.0935. The van der Waals surface area contributed by atoms with Crippen molar-refractivity contribution in [1.29, 1.82) is 0 Å². The molecule has 0 aliphatic carbocycles. The summed E-state index contributed by atoms with van der Waals surface area (Å²) in [5, 5.41) is 0. The van der Waals surface area contributed by atoms with Crippen LogP contribution in [0.1, 0.15) is 18.4 Å². The van der Waals surface area contributed by atoms with Crippen molar-refractivity contribution in [3.8, 4) is 5.75 Å². The molecule has 158 valence electrons. The number of hydrogen-bond acceptors (Lipinski definition) is 5. The van der Waals surface area contributed by atoms with Gasteiger partial charge in [-0.05, 0) is 48.7 Å². The van der Waals surface area contributed by atoms with Crippen LogP contribution < -0.4 is 9.64 Å². The Kier molecular flexibility index (Phi) is 7.21. The number of hydrogen-bond donors (Lipinski definition) is 0. The van der Waals surface area contributed by atoms with Gasteiger partial charge in [0.2, 0.25) is 10.0 Å². The maximum Gasteiger partial charge on any atom is 0.247 e. The van der Waals surface area contributed by atoms with Gasteiger partial charge in [0.25, 0.3) is 0 Å². The van der Waals surface area contributed by atoms with Crippen LogP contribution in [0.3, 0.4) is 0 Å². The van der Waals surface area contributed by atoms with E-state index in [1.165, 1.54) is 11.4 Å². The van der Waals surface area contributed by atoms with E-state index < -0.39 is 10.0 Å². The molecule has 0 amide bonds. The molecule has 29 heavy (non-hydrogen) atoms. The molecule has 0 unspecified atom stereocenters. The second-order valence-corrected chi connectivity index (χ2v) is 10.1. The fraction of sp³-hybridized carbons (Fsp3) is 0.429. The molecule has 0 radical (unpaired) electrons. The Bertz CT molecular complexity index is 926. The second-order valence-electron chi connectivity index (χ2n) is 7.29. The first-order chi connectivity index (χ1) is 13.8. The van der Waals surface area contributed by atoms with E-state index in [4.69, 9.17) is 9.47 Å². The largest absolute Gasteiger partial charge is 0.495 e. The van der Waals surface area contributed by atoms with Crippen molar-refractivity contribution in [3.63, 3.8) is 0 Å². The first-order valence-electron chi connectivity index (χ1n) is 9.53. The van der Waals surface area contributed by atoms with Crippen molar-refractivity contribution in [1.82, 2.24) is 4.31 Å². The predicted molar refractivity (Wildman–Crippen MR) is 118 cm³/mol. The molecular formula is C21H27BrN2O4S. The summed E-state index contributed by atoms with van der Waals surface area (Å²) >= 11 is 3.38. The normalized spacial score (nSPS) is 16.9. The van der Waals surface area contributed by atoms with Gasteiger partial charge >= 0.3 is 0 Å². The van der Waals surface area contributed by atoms with E-state index in [1.807, 2.05) is 43.3 Å². The van der Waals surface area contributed by atoms with Crippen LogP contribution in [0.4, 0.5) is 5.69 Å². The third kappa shape index (κ3) is 5.31. The molecule has 8 heteroatoms. The van der Waals surface area contributed by atoms with Gasteiger partial charge in [-0.3, -0.25) is 0 Å². The molecule has 1 aliphatic rings. The van der Waals surface area contributed by atoms with Crippen LogP contribution in [0.2, 0.25) is 0 Å². The minimum atomic E-state index is -3.79. The van der Waals surface area contributed by atoms with Crippen molar-refractivity contribution in [2.75, 3.05) is 39.3 Å². The lowest BCUT2D eigenvalue weighted by Crippen LogP contribution is -2.37. The van der Waals surface area contributed by atoms with Gasteiger partial charge in [-0.25, -0.2) is 8.42 Å². The molecule has 0 spiro atoms. The number of sulfonamides is 1. The highest BCUT2D eigenvalue weighted by Gasteiger charge is 2.31. The summed E-state index contributed by atoms with van der Waals surface area (Å²) in [5.41, 5.74) is 1.99. The van der Waals surface area contributed by atoms with E-state index in [9.17, 15) is 8.42 Å². The number of nitrogens with zero attached hydrogens (tertiary/aromatic N) is 2. The average molecular weight is 483 g/mol. The lowest BCUT2D eigenvalue weighted by atomic mass is 10.2. The number of ether oxygens (including phenoxy) is 2. The van der Waals surface area contributed by atoms with Gasteiger partial charge in [-0.15, -0.1) is 0 Å². The minimum Gasteiger partial charge on any atom is -0.495 e. The Labute approximate surface area is 181 Å². The molecule has 0 N–H and O–H groups in total. The summed E-state index contributed by atoms with van der Waals surface area (Å²) < 4.78 is 40.4. The fourth-order valence-corrected chi connectivity index (χ4v) is 5.51. The second kappa shape index (κ2) is 9.47. The lowest BCUT2D eigenvalue weighted by molar-refractivity contribution is 0.0925. The Morgan fingerprint density at radius 3 is 2.48 bits per heavy atom. The van der Waals surface area contributed by atoms with Crippen molar-refractivity contribution < 1.29 is 17.9 Å². The predicted octanol–water partition coefficient (Wildman–Crippen LogP) is 3.89. The number of halogens is 1. The summed E-state index contributed by atoms with van der Waals surface area (Å²) in [7, 11) is 1.64. The molecule has 1 atom stereocenters. The summed E-state index contributed by atoms with van der Waals surface area (Å²) in [5.74, 6) is 0.327. The first kappa shape index (κ1) is 22.1. The van der Waals surface area contributed by atoms with Crippen LogP contribution in [-0.4, -0.2) is 53.2 Å². The topological polar surface area (TPSA) is 59.1 Å². The molecular weight excluding hydrogens is 456 g/mol. The maximum atomic E-state index is 13.6. The van der Waals surface area contributed by atoms with Crippen LogP contribution in [0.15, 0.2) is 51.8 Å². The molecule has 1 fully saturated rings. The van der Waals surface area contributed by atoms with E-state index in [0.717, 1.165) is 24.1 Å². The third-order valence-electron chi connectivity index (χ3n) is 4.99. The van der Waals surface area contributed by atoms with Crippen LogP contribution in [-0.2, 0) is 21.3 Å². The molecule has 6 nitrogen and oxygen atoms in total. The number of rotatable bonds is 8. The average Bonchev–Trinajstić information content (AvgIpc) is 3.21. The SMILES string of the molecule is COc1ccc(Br)cc1S(=O)(=O)N(Cc1ccc(N(C)C)cc1)C[C@@H]1CCCO1. The first-order valence-corrected chi connectivity index (χ1v) is 11.8. The molecule has 1 heterocycles. The van der Waals surface area contributed by atoms with Crippen molar-refractivity contribution in [2.24, 2.45) is 0 Å². The Balaban J connectivity index is 1.94. The molecule has 1 saturated heterocycles. The monoisotopic (exact) mass is 482 g/mol. The van der Waals surface area contributed by atoms with Crippen LogP contribution in [0.25, 0.3) is 0 Å². The fourth-order valence-electron chi connectivity index (χ4n) is 3.36. The van der Waals surface area contributed by atoms with E-state index in [-0.39, 0.29) is 17.5 Å². The molecule has 3 rings (SSSR count). The maximum absolute atomic E-state index is 13.6. The molecule has 1 aliphatic heterocycles. The van der Waals surface area contributed by atoms with Gasteiger partial charge in [0.1, 0.15) is 10.6 Å². The van der Waals surface area contributed by atoms with E-state index in [2.05, 4.69) is 15.9 Å². The standard InChI is InChI=1S/C21H27BrN2O4S/c1-23(2)18-9-6-16(7-10-18)14-24(15-19-5-4-12-28-19)29(25,26)21-13-17(22)8-11-20(21)27-3/h6-11,13,19H,4-5,12,14-15H2,1-3H3/t19-/m0/s1. The summed E-state index contributed by atoms with van der Waals surface area (Å²) in [6, 6.07) is 12.9. The summed E-state index contributed by atoms with van der Waals surface area (Å²) in [6.07, 6.45) is 1.72. The zero-order chi connectivity index (χ0) is 21.0. The van der Waals surface area contributed by atoms with Crippen molar-refractivity contribution in [3.05, 3.63) is 52.5 Å². The van der Waals surface area contributed by atoms with Crippen LogP contribution in [0.5, 0.6) is 5.75 Å². The third-order valence-corrected chi connectivity index (χ3v) is 7.31. The smallest absolute Gasteiger partial charge is 0.247 e. The molecule has 2 aromatic carbocycles. The van der Waals surface area contributed by atoms with Gasteiger partial charge in [0, 0.05) is 44.0 Å². The molecule has 2 aromatic rings. The molecule has 0 aromatic heterocycles. The van der Waals surface area contributed by atoms with E-state index >= 15 is 0 Å². The quantitative estimate of drug-likeness (QED) is 0.570. The number of methoxy groups -OCH3 is 1. The van der Waals surface area contributed by atoms with Gasteiger partial charge in [-0.2, -0.15) is 4.31 Å². The summed E-state index contributed by atoms with van der Waals surface area (Å²) in [6.45, 7) is 1.26. The zero-order valence-corrected chi connectivity index (χ0v) is 19.4. The molecule has 0 saturated carbocycles. The van der Waals surface area contributed by atoms with Gasteiger partial charge < -0.3 is 14.4 Å². The van der Waals surface area contributed by atoms with Crippen LogP contribution >= 0.6 is 15.9 Å².